The van der Waals surface area contributed by atoms with Crippen LogP contribution in [0.2, 0.25) is 0 Å². The number of hydrogen-bond acceptors (Lipinski definition) is 3. The van der Waals surface area contributed by atoms with Crippen molar-refractivity contribution in [2.45, 2.75) is 13.8 Å². The molecule has 0 N–H and O–H groups in total. The molecule has 1 aromatic heterocycles. The van der Waals surface area contributed by atoms with E-state index >= 15 is 0 Å². The Bertz CT molecular complexity index is 2690. The number of aromatic nitrogens is 1. The Morgan fingerprint density at radius 3 is 1.57 bits per heavy atom. The second-order valence-electron chi connectivity index (χ2n) is 12.9. The van der Waals surface area contributed by atoms with Gasteiger partial charge >= 0.3 is 0 Å². The first-order chi connectivity index (χ1) is 25.1. The minimum Gasteiger partial charge on any atom is -0.494 e. The Morgan fingerprint density at radius 2 is 0.961 bits per heavy atom. The standard InChI is InChI=1S/C47H35NO3/c1-3-50-35-20-24-45-43(28-35)44-29-36(51-4-2)21-25-46(44)48(45)34-19-23-40-39-22-18-33(26-41(39)37-12-8-9-13-38(37)42(40)27-34)30-14-16-32(17-15-30)47(49)31-10-6-5-7-11-31/h5-29H,3-4H2,1-2H3. The molecule has 9 aromatic rings. The highest BCUT2D eigenvalue weighted by atomic mass is 16.5. The van der Waals surface area contributed by atoms with Crippen LogP contribution in [0.5, 0.6) is 11.5 Å². The van der Waals surface area contributed by atoms with E-state index in [4.69, 9.17) is 9.47 Å². The smallest absolute Gasteiger partial charge is 0.193 e. The molecule has 0 saturated heterocycles. The van der Waals surface area contributed by atoms with E-state index in [1.54, 1.807) is 0 Å². The van der Waals surface area contributed by atoms with Crippen molar-refractivity contribution in [3.63, 3.8) is 0 Å². The number of hydrogen-bond donors (Lipinski definition) is 0. The topological polar surface area (TPSA) is 40.5 Å². The van der Waals surface area contributed by atoms with Crippen LogP contribution >= 0.6 is 0 Å². The molecule has 8 aromatic carbocycles. The summed E-state index contributed by atoms with van der Waals surface area (Å²) in [6.45, 7) is 5.25. The van der Waals surface area contributed by atoms with Crippen LogP contribution in [0.15, 0.2) is 152 Å². The molecule has 51 heavy (non-hydrogen) atoms. The number of carbonyl (C=O) groups excluding carboxylic acids is 1. The average molecular weight is 662 g/mol. The molecule has 9 rings (SSSR count). The van der Waals surface area contributed by atoms with Gasteiger partial charge in [0.05, 0.1) is 24.2 Å². The van der Waals surface area contributed by atoms with E-state index in [2.05, 4.69) is 102 Å². The lowest BCUT2D eigenvalue weighted by Gasteiger charge is -2.15. The second kappa shape index (κ2) is 12.5. The van der Waals surface area contributed by atoms with Crippen molar-refractivity contribution in [1.82, 2.24) is 4.57 Å². The number of rotatable bonds is 8. The third kappa shape index (κ3) is 5.19. The summed E-state index contributed by atoms with van der Waals surface area (Å²) in [5, 5.41) is 9.51. The van der Waals surface area contributed by atoms with Crippen LogP contribution < -0.4 is 9.47 Å². The third-order valence-electron chi connectivity index (χ3n) is 9.92. The molecule has 0 unspecified atom stereocenters. The van der Waals surface area contributed by atoms with Crippen molar-refractivity contribution >= 4 is 59.9 Å². The van der Waals surface area contributed by atoms with Gasteiger partial charge in [0.2, 0.25) is 0 Å². The lowest BCUT2D eigenvalue weighted by atomic mass is 9.91. The number of nitrogens with zero attached hydrogens (tertiary/aromatic N) is 1. The fourth-order valence-electron chi connectivity index (χ4n) is 7.61. The number of fused-ring (bicyclic) bond motifs is 9. The summed E-state index contributed by atoms with van der Waals surface area (Å²) in [7, 11) is 0. The van der Waals surface area contributed by atoms with Crippen molar-refractivity contribution in [2.75, 3.05) is 13.2 Å². The highest BCUT2D eigenvalue weighted by Crippen LogP contribution is 2.41. The highest BCUT2D eigenvalue weighted by Gasteiger charge is 2.17. The first-order valence-corrected chi connectivity index (χ1v) is 17.5. The van der Waals surface area contributed by atoms with Gasteiger partial charge < -0.3 is 14.0 Å². The molecular formula is C47H35NO3. The zero-order chi connectivity index (χ0) is 34.5. The molecule has 0 bridgehead atoms. The maximum Gasteiger partial charge on any atom is 0.193 e. The van der Waals surface area contributed by atoms with Gasteiger partial charge in [0.1, 0.15) is 11.5 Å². The fraction of sp³-hybridized carbons (Fsp3) is 0.0851. The first-order valence-electron chi connectivity index (χ1n) is 17.5. The molecule has 4 nitrogen and oxygen atoms in total. The van der Waals surface area contributed by atoms with Gasteiger partial charge in [0, 0.05) is 27.6 Å². The van der Waals surface area contributed by atoms with Crippen LogP contribution in [0.1, 0.15) is 29.8 Å². The first kappa shape index (κ1) is 30.7. The lowest BCUT2D eigenvalue weighted by Crippen LogP contribution is -2.00. The Balaban J connectivity index is 1.19. The van der Waals surface area contributed by atoms with Crippen molar-refractivity contribution in [3.05, 3.63) is 163 Å². The molecule has 1 heterocycles. The van der Waals surface area contributed by atoms with Gasteiger partial charge in [-0.25, -0.2) is 0 Å². The maximum absolute atomic E-state index is 13.0. The summed E-state index contributed by atoms with van der Waals surface area (Å²) >= 11 is 0. The maximum atomic E-state index is 13.0. The molecule has 246 valence electrons. The van der Waals surface area contributed by atoms with E-state index in [9.17, 15) is 4.79 Å². The van der Waals surface area contributed by atoms with Crippen molar-refractivity contribution in [1.29, 1.82) is 0 Å². The molecule has 0 radical (unpaired) electrons. The molecular weight excluding hydrogens is 627 g/mol. The number of ketones is 1. The van der Waals surface area contributed by atoms with E-state index in [0.29, 0.717) is 24.3 Å². The van der Waals surface area contributed by atoms with E-state index in [-0.39, 0.29) is 5.78 Å². The second-order valence-corrected chi connectivity index (χ2v) is 12.9. The minimum absolute atomic E-state index is 0.0314. The predicted octanol–water partition coefficient (Wildman–Crippen LogP) is 11.9. The number of benzene rings is 8. The van der Waals surface area contributed by atoms with Gasteiger partial charge in [-0.1, -0.05) is 97.1 Å². The van der Waals surface area contributed by atoms with Gasteiger partial charge in [-0.2, -0.15) is 0 Å². The zero-order valence-electron chi connectivity index (χ0n) is 28.5. The summed E-state index contributed by atoms with van der Waals surface area (Å²) in [5.74, 6) is 1.75. The molecule has 0 amide bonds. The van der Waals surface area contributed by atoms with Gasteiger partial charge in [-0.05, 0) is 112 Å². The normalized spacial score (nSPS) is 11.6. The van der Waals surface area contributed by atoms with Crippen molar-refractivity contribution in [2.24, 2.45) is 0 Å². The van der Waals surface area contributed by atoms with Crippen molar-refractivity contribution < 1.29 is 14.3 Å². The largest absolute Gasteiger partial charge is 0.494 e. The molecule has 0 atom stereocenters. The van der Waals surface area contributed by atoms with Crippen LogP contribution in [0.3, 0.4) is 0 Å². The van der Waals surface area contributed by atoms with Crippen LogP contribution in [0.25, 0.3) is 70.9 Å². The molecule has 0 aliphatic carbocycles. The fourth-order valence-corrected chi connectivity index (χ4v) is 7.61. The van der Waals surface area contributed by atoms with Gasteiger partial charge in [0.25, 0.3) is 0 Å². The Labute approximate surface area is 296 Å². The summed E-state index contributed by atoms with van der Waals surface area (Å²) in [5.41, 5.74) is 6.91. The Kier molecular flexibility index (Phi) is 7.51. The number of carbonyl (C=O) groups is 1. The average Bonchev–Trinajstić information content (AvgIpc) is 3.51. The van der Waals surface area contributed by atoms with E-state index in [1.807, 2.05) is 68.4 Å². The molecule has 4 heteroatoms. The predicted molar refractivity (Wildman–Crippen MR) is 211 cm³/mol. The van der Waals surface area contributed by atoms with E-state index in [1.165, 1.54) is 32.3 Å². The van der Waals surface area contributed by atoms with Crippen molar-refractivity contribution in [3.8, 4) is 28.3 Å². The van der Waals surface area contributed by atoms with Crippen LogP contribution in [-0.2, 0) is 0 Å². The summed E-state index contributed by atoms with van der Waals surface area (Å²) < 4.78 is 14.2. The molecule has 0 fully saturated rings. The number of ether oxygens (including phenoxy) is 2. The SMILES string of the molecule is CCOc1ccc2c(c1)c1cc(OCC)ccc1n2-c1ccc2c3ccc(-c4ccc(C(=O)c5ccccc5)cc4)cc3c3ccccc3c2c1. The van der Waals surface area contributed by atoms with Crippen LogP contribution in [-0.4, -0.2) is 23.6 Å². The molecule has 0 saturated carbocycles. The monoisotopic (exact) mass is 661 g/mol. The minimum atomic E-state index is 0.0314. The van der Waals surface area contributed by atoms with Gasteiger partial charge in [-0.3, -0.25) is 4.79 Å². The van der Waals surface area contributed by atoms with Crippen LogP contribution in [0, 0.1) is 0 Å². The van der Waals surface area contributed by atoms with Gasteiger partial charge in [0.15, 0.2) is 5.78 Å². The van der Waals surface area contributed by atoms with E-state index in [0.717, 1.165) is 50.1 Å². The van der Waals surface area contributed by atoms with E-state index < -0.39 is 0 Å². The molecule has 0 spiro atoms. The lowest BCUT2D eigenvalue weighted by molar-refractivity contribution is 0.103. The quantitative estimate of drug-likeness (QED) is 0.120. The Hall–Kier alpha value is -6.39. The molecule has 0 aliphatic heterocycles. The molecule has 0 aliphatic rings. The highest BCUT2D eigenvalue weighted by molar-refractivity contribution is 6.26. The Morgan fingerprint density at radius 1 is 0.451 bits per heavy atom. The third-order valence-corrected chi connectivity index (χ3v) is 9.92. The summed E-state index contributed by atoms with van der Waals surface area (Å²) in [6.07, 6.45) is 0. The summed E-state index contributed by atoms with van der Waals surface area (Å²) in [6, 6.07) is 52.4. The van der Waals surface area contributed by atoms with Crippen LogP contribution in [0.4, 0.5) is 0 Å². The zero-order valence-corrected chi connectivity index (χ0v) is 28.5. The summed E-state index contributed by atoms with van der Waals surface area (Å²) in [4.78, 5) is 13.0. The van der Waals surface area contributed by atoms with Gasteiger partial charge in [-0.15, -0.1) is 0 Å².